The lowest BCUT2D eigenvalue weighted by molar-refractivity contribution is -0.149. The minimum atomic E-state index is -0.922. The average Bonchev–Trinajstić information content (AvgIpc) is 2.48. The fourth-order valence-corrected chi connectivity index (χ4v) is 3.53. The van der Waals surface area contributed by atoms with Crippen LogP contribution in [0, 0.1) is 6.92 Å². The third-order valence-corrected chi connectivity index (χ3v) is 5.03. The monoisotopic (exact) mass is 327 g/mol. The number of thioether (sulfide) groups is 1. The molecule has 1 atom stereocenters. The molecule has 1 heterocycles. The van der Waals surface area contributed by atoms with Crippen LogP contribution in [0.1, 0.15) is 17.5 Å². The lowest BCUT2D eigenvalue weighted by Gasteiger charge is -2.32. The third kappa shape index (κ3) is 4.14. The van der Waals surface area contributed by atoms with Gasteiger partial charge in [-0.2, -0.15) is 11.8 Å². The maximum atomic E-state index is 12.3. The number of carboxylic acids is 1. The summed E-state index contributed by atoms with van der Waals surface area (Å²) in [4.78, 5) is 25.0. The molecule has 1 saturated heterocycles. The topological polar surface area (TPSA) is 57.6 Å². The minimum Gasteiger partial charge on any atom is -0.480 e. The predicted octanol–water partition coefficient (Wildman–Crippen LogP) is 2.61. The molecule has 1 N–H and O–H groups in total. The Labute approximate surface area is 133 Å². The van der Waals surface area contributed by atoms with Crippen LogP contribution in [0.3, 0.4) is 0 Å². The molecule has 0 aromatic heterocycles. The number of hydrogen-bond donors (Lipinski definition) is 1. The van der Waals surface area contributed by atoms with Crippen LogP contribution >= 0.6 is 23.4 Å². The molecule has 1 fully saturated rings. The van der Waals surface area contributed by atoms with E-state index in [1.54, 1.807) is 11.8 Å². The van der Waals surface area contributed by atoms with Crippen LogP contribution in [-0.2, 0) is 16.0 Å². The summed E-state index contributed by atoms with van der Waals surface area (Å²) in [6.07, 6.45) is 0.892. The Bertz CT molecular complexity index is 550. The molecule has 1 aliphatic rings. The smallest absolute Gasteiger partial charge is 0.327 e. The van der Waals surface area contributed by atoms with E-state index in [2.05, 4.69) is 0 Å². The highest BCUT2D eigenvalue weighted by molar-refractivity contribution is 7.99. The van der Waals surface area contributed by atoms with Gasteiger partial charge in [-0.15, -0.1) is 0 Å². The highest BCUT2D eigenvalue weighted by Crippen LogP contribution is 2.20. The van der Waals surface area contributed by atoms with Crippen LogP contribution in [0.15, 0.2) is 18.2 Å². The van der Waals surface area contributed by atoms with E-state index >= 15 is 0 Å². The molecule has 1 unspecified atom stereocenters. The SMILES string of the molecule is Cc1ccc(CCC(=O)N2CCSCC2C(=O)O)cc1Cl. The standard InChI is InChI=1S/C15H18ClNO3S/c1-10-2-3-11(8-12(10)16)4-5-14(18)17-6-7-21-9-13(17)15(19)20/h2-3,8,13H,4-7,9H2,1H3,(H,19,20). The molecule has 1 aliphatic heterocycles. The first kappa shape index (κ1) is 16.2. The van der Waals surface area contributed by atoms with Gasteiger partial charge < -0.3 is 10.0 Å². The summed E-state index contributed by atoms with van der Waals surface area (Å²) < 4.78 is 0. The molecule has 114 valence electrons. The zero-order valence-electron chi connectivity index (χ0n) is 11.8. The summed E-state index contributed by atoms with van der Waals surface area (Å²) in [5.74, 6) is 0.247. The summed E-state index contributed by atoms with van der Waals surface area (Å²) in [5.41, 5.74) is 2.00. The molecule has 0 radical (unpaired) electrons. The number of carbonyl (C=O) groups excluding carboxylic acids is 1. The van der Waals surface area contributed by atoms with Crippen molar-refractivity contribution in [3.8, 4) is 0 Å². The molecule has 6 heteroatoms. The Morgan fingerprint density at radius 2 is 2.24 bits per heavy atom. The van der Waals surface area contributed by atoms with Crippen molar-refractivity contribution in [2.24, 2.45) is 0 Å². The van der Waals surface area contributed by atoms with Crippen molar-refractivity contribution in [2.75, 3.05) is 18.1 Å². The molecule has 0 saturated carbocycles. The molecule has 2 rings (SSSR count). The largest absolute Gasteiger partial charge is 0.480 e. The first-order chi connectivity index (χ1) is 9.99. The second-order valence-electron chi connectivity index (χ2n) is 5.10. The Morgan fingerprint density at radius 3 is 2.90 bits per heavy atom. The first-order valence-electron chi connectivity index (χ1n) is 6.84. The Balaban J connectivity index is 1.96. The molecule has 21 heavy (non-hydrogen) atoms. The highest BCUT2D eigenvalue weighted by atomic mass is 35.5. The van der Waals surface area contributed by atoms with E-state index in [9.17, 15) is 14.7 Å². The number of hydrogen-bond acceptors (Lipinski definition) is 3. The minimum absolute atomic E-state index is 0.0978. The fraction of sp³-hybridized carbons (Fsp3) is 0.467. The first-order valence-corrected chi connectivity index (χ1v) is 8.37. The molecule has 1 amide bonds. The quantitative estimate of drug-likeness (QED) is 0.923. The molecule has 1 aromatic carbocycles. The van der Waals surface area contributed by atoms with E-state index < -0.39 is 12.0 Å². The van der Waals surface area contributed by atoms with Crippen molar-refractivity contribution < 1.29 is 14.7 Å². The van der Waals surface area contributed by atoms with Crippen molar-refractivity contribution in [2.45, 2.75) is 25.8 Å². The number of aryl methyl sites for hydroxylation is 2. The molecular formula is C15H18ClNO3S. The maximum Gasteiger partial charge on any atom is 0.327 e. The Morgan fingerprint density at radius 1 is 1.48 bits per heavy atom. The van der Waals surface area contributed by atoms with Crippen LogP contribution < -0.4 is 0 Å². The van der Waals surface area contributed by atoms with Gasteiger partial charge in [0.15, 0.2) is 0 Å². The summed E-state index contributed by atoms with van der Waals surface area (Å²) in [6, 6.07) is 5.05. The lowest BCUT2D eigenvalue weighted by Crippen LogP contribution is -2.50. The van der Waals surface area contributed by atoms with Crippen molar-refractivity contribution in [3.05, 3.63) is 34.3 Å². The van der Waals surface area contributed by atoms with Gasteiger partial charge in [0.05, 0.1) is 0 Å². The van der Waals surface area contributed by atoms with Crippen LogP contribution in [0.25, 0.3) is 0 Å². The number of halogens is 1. The van der Waals surface area contributed by atoms with E-state index in [0.717, 1.165) is 16.9 Å². The van der Waals surface area contributed by atoms with Crippen LogP contribution in [0.4, 0.5) is 0 Å². The normalized spacial score (nSPS) is 18.6. The van der Waals surface area contributed by atoms with Gasteiger partial charge in [0, 0.05) is 29.5 Å². The van der Waals surface area contributed by atoms with E-state index in [1.165, 1.54) is 4.90 Å². The summed E-state index contributed by atoms with van der Waals surface area (Å²) in [7, 11) is 0. The van der Waals surface area contributed by atoms with Gasteiger partial charge in [0.1, 0.15) is 6.04 Å². The Kier molecular flexibility index (Phi) is 5.53. The Hall–Kier alpha value is -1.20. The van der Waals surface area contributed by atoms with Crippen molar-refractivity contribution >= 4 is 35.2 Å². The number of nitrogens with zero attached hydrogens (tertiary/aromatic N) is 1. The van der Waals surface area contributed by atoms with Crippen molar-refractivity contribution in [1.29, 1.82) is 0 Å². The lowest BCUT2D eigenvalue weighted by atomic mass is 10.1. The summed E-state index contributed by atoms with van der Waals surface area (Å²) in [6.45, 7) is 2.44. The number of amides is 1. The zero-order chi connectivity index (χ0) is 15.4. The number of carbonyl (C=O) groups is 2. The van der Waals surface area contributed by atoms with E-state index in [1.807, 2.05) is 25.1 Å². The van der Waals surface area contributed by atoms with E-state index in [0.29, 0.717) is 30.2 Å². The zero-order valence-corrected chi connectivity index (χ0v) is 13.4. The number of carboxylic acid groups (broad SMARTS) is 1. The van der Waals surface area contributed by atoms with Gasteiger partial charge in [0.25, 0.3) is 0 Å². The second kappa shape index (κ2) is 7.18. The van der Waals surface area contributed by atoms with Crippen molar-refractivity contribution in [1.82, 2.24) is 4.90 Å². The van der Waals surface area contributed by atoms with Gasteiger partial charge in [-0.05, 0) is 30.5 Å². The van der Waals surface area contributed by atoms with Gasteiger partial charge in [-0.1, -0.05) is 23.7 Å². The predicted molar refractivity (Wildman–Crippen MR) is 85.0 cm³/mol. The summed E-state index contributed by atoms with van der Waals surface area (Å²) in [5, 5.41) is 9.88. The molecular weight excluding hydrogens is 310 g/mol. The van der Waals surface area contributed by atoms with E-state index in [-0.39, 0.29) is 5.91 Å². The maximum absolute atomic E-state index is 12.3. The van der Waals surface area contributed by atoms with Crippen LogP contribution in [0.2, 0.25) is 5.02 Å². The summed E-state index contributed by atoms with van der Waals surface area (Å²) >= 11 is 7.65. The van der Waals surface area contributed by atoms with Gasteiger partial charge in [-0.25, -0.2) is 4.79 Å². The fourth-order valence-electron chi connectivity index (χ4n) is 2.29. The van der Waals surface area contributed by atoms with Gasteiger partial charge in [0.2, 0.25) is 5.91 Å². The van der Waals surface area contributed by atoms with Crippen LogP contribution in [-0.4, -0.2) is 46.0 Å². The number of aliphatic carboxylic acids is 1. The van der Waals surface area contributed by atoms with Gasteiger partial charge >= 0.3 is 5.97 Å². The van der Waals surface area contributed by atoms with Crippen molar-refractivity contribution in [3.63, 3.8) is 0 Å². The number of benzene rings is 1. The second-order valence-corrected chi connectivity index (χ2v) is 6.66. The van der Waals surface area contributed by atoms with E-state index in [4.69, 9.17) is 11.6 Å². The molecule has 0 spiro atoms. The van der Waals surface area contributed by atoms with Crippen LogP contribution in [0.5, 0.6) is 0 Å². The number of rotatable bonds is 4. The highest BCUT2D eigenvalue weighted by Gasteiger charge is 2.31. The molecule has 0 aliphatic carbocycles. The third-order valence-electron chi connectivity index (χ3n) is 3.60. The molecule has 4 nitrogen and oxygen atoms in total. The van der Waals surface area contributed by atoms with Gasteiger partial charge in [-0.3, -0.25) is 4.79 Å². The molecule has 1 aromatic rings. The average molecular weight is 328 g/mol. The molecule has 0 bridgehead atoms.